The Morgan fingerprint density at radius 3 is 2.35 bits per heavy atom. The van der Waals surface area contributed by atoms with Gasteiger partial charge in [-0.25, -0.2) is 0 Å². The van der Waals surface area contributed by atoms with E-state index in [2.05, 4.69) is 10.6 Å². The number of carboxylic acids is 1. The zero-order valence-electron chi connectivity index (χ0n) is 12.4. The van der Waals surface area contributed by atoms with E-state index in [1.165, 1.54) is 6.92 Å². The van der Waals surface area contributed by atoms with Crippen LogP contribution in [0.15, 0.2) is 0 Å². The summed E-state index contributed by atoms with van der Waals surface area (Å²) in [5.41, 5.74) is 0. The fourth-order valence-electron chi connectivity index (χ4n) is 1.81. The van der Waals surface area contributed by atoms with E-state index < -0.39 is 5.97 Å². The van der Waals surface area contributed by atoms with Crippen LogP contribution in [0.2, 0.25) is 0 Å². The Labute approximate surface area is 120 Å². The third-order valence-corrected chi connectivity index (χ3v) is 3.08. The van der Waals surface area contributed by atoms with E-state index in [0.29, 0.717) is 19.5 Å². The molecule has 0 spiro atoms. The van der Waals surface area contributed by atoms with Crippen molar-refractivity contribution < 1.29 is 19.5 Å². The Kier molecular flexibility index (Phi) is 10.4. The molecule has 0 aliphatic rings. The van der Waals surface area contributed by atoms with Crippen molar-refractivity contribution in [2.45, 2.75) is 52.4 Å². The van der Waals surface area contributed by atoms with Crippen molar-refractivity contribution in [2.75, 3.05) is 13.1 Å². The normalized spacial score (nSPS) is 11.7. The average molecular weight is 286 g/mol. The Bertz CT molecular complexity index is 318. The summed E-state index contributed by atoms with van der Waals surface area (Å²) in [6.07, 6.45) is 3.81. The van der Waals surface area contributed by atoms with Gasteiger partial charge in [0.1, 0.15) is 0 Å². The molecule has 0 rings (SSSR count). The van der Waals surface area contributed by atoms with Crippen LogP contribution < -0.4 is 10.6 Å². The molecule has 116 valence electrons. The van der Waals surface area contributed by atoms with Crippen LogP contribution in [0.5, 0.6) is 0 Å². The van der Waals surface area contributed by atoms with Crippen molar-refractivity contribution in [3.63, 3.8) is 0 Å². The summed E-state index contributed by atoms with van der Waals surface area (Å²) >= 11 is 0. The quantitative estimate of drug-likeness (QED) is 0.499. The number of nitrogens with one attached hydrogen (secondary N) is 2. The minimum Gasteiger partial charge on any atom is -0.481 e. The molecular weight excluding hydrogens is 260 g/mol. The second-order valence-corrected chi connectivity index (χ2v) is 4.97. The molecule has 0 aliphatic heterocycles. The Morgan fingerprint density at radius 1 is 1.10 bits per heavy atom. The summed E-state index contributed by atoms with van der Waals surface area (Å²) in [4.78, 5) is 32.8. The molecule has 0 heterocycles. The zero-order chi connectivity index (χ0) is 15.4. The maximum atomic E-state index is 11.6. The Hall–Kier alpha value is -1.59. The fraction of sp³-hybridized carbons (Fsp3) is 0.786. The number of amides is 2. The third-order valence-electron chi connectivity index (χ3n) is 3.08. The minimum absolute atomic E-state index is 0.00350. The number of carbonyl (C=O) groups excluding carboxylic acids is 2. The van der Waals surface area contributed by atoms with E-state index >= 15 is 0 Å². The van der Waals surface area contributed by atoms with Gasteiger partial charge in [0.2, 0.25) is 11.8 Å². The first-order valence-electron chi connectivity index (χ1n) is 7.18. The van der Waals surface area contributed by atoms with Crippen molar-refractivity contribution >= 4 is 17.8 Å². The van der Waals surface area contributed by atoms with Crippen molar-refractivity contribution in [3.05, 3.63) is 0 Å². The number of carbonyl (C=O) groups is 3. The van der Waals surface area contributed by atoms with Gasteiger partial charge >= 0.3 is 5.97 Å². The van der Waals surface area contributed by atoms with Gasteiger partial charge in [0.05, 0.1) is 0 Å². The van der Waals surface area contributed by atoms with E-state index in [-0.39, 0.29) is 24.2 Å². The lowest BCUT2D eigenvalue weighted by atomic mass is 10.0. The fourth-order valence-corrected chi connectivity index (χ4v) is 1.81. The molecule has 6 heteroatoms. The van der Waals surface area contributed by atoms with Gasteiger partial charge in [0.15, 0.2) is 0 Å². The van der Waals surface area contributed by atoms with Gasteiger partial charge in [0.25, 0.3) is 0 Å². The number of carboxylic acid groups (broad SMARTS) is 1. The van der Waals surface area contributed by atoms with Crippen molar-refractivity contribution in [1.29, 1.82) is 0 Å². The average Bonchev–Trinajstić information content (AvgIpc) is 2.37. The summed E-state index contributed by atoms with van der Waals surface area (Å²) in [5, 5.41) is 14.2. The second kappa shape index (κ2) is 11.3. The predicted octanol–water partition coefficient (Wildman–Crippen LogP) is 1.30. The summed E-state index contributed by atoms with van der Waals surface area (Å²) in [6, 6.07) is 0. The number of aliphatic carboxylic acids is 1. The van der Waals surface area contributed by atoms with E-state index in [4.69, 9.17) is 5.11 Å². The van der Waals surface area contributed by atoms with Crippen LogP contribution in [0.3, 0.4) is 0 Å². The van der Waals surface area contributed by atoms with Crippen LogP contribution in [0, 0.1) is 5.92 Å². The molecule has 1 atom stereocenters. The van der Waals surface area contributed by atoms with Gasteiger partial charge in [-0.2, -0.15) is 0 Å². The van der Waals surface area contributed by atoms with Crippen molar-refractivity contribution in [1.82, 2.24) is 10.6 Å². The number of rotatable bonds is 11. The largest absolute Gasteiger partial charge is 0.481 e. The first-order chi connectivity index (χ1) is 9.45. The molecule has 20 heavy (non-hydrogen) atoms. The van der Waals surface area contributed by atoms with Gasteiger partial charge in [-0.1, -0.05) is 19.8 Å². The summed E-state index contributed by atoms with van der Waals surface area (Å²) in [6.45, 7) is 4.47. The summed E-state index contributed by atoms with van der Waals surface area (Å²) in [5.74, 6) is -0.902. The van der Waals surface area contributed by atoms with Crippen LogP contribution in [0.1, 0.15) is 52.4 Å². The van der Waals surface area contributed by atoms with Gasteiger partial charge in [-0.15, -0.1) is 0 Å². The topological polar surface area (TPSA) is 95.5 Å². The summed E-state index contributed by atoms with van der Waals surface area (Å²) < 4.78 is 0. The molecule has 2 amide bonds. The van der Waals surface area contributed by atoms with Crippen molar-refractivity contribution in [3.8, 4) is 0 Å². The molecule has 1 unspecified atom stereocenters. The Morgan fingerprint density at radius 2 is 1.80 bits per heavy atom. The van der Waals surface area contributed by atoms with Crippen LogP contribution >= 0.6 is 0 Å². The lowest BCUT2D eigenvalue weighted by Crippen LogP contribution is -2.30. The highest BCUT2D eigenvalue weighted by Gasteiger charge is 2.12. The number of unbranched alkanes of at least 4 members (excludes halogenated alkanes) is 2. The highest BCUT2D eigenvalue weighted by atomic mass is 16.4. The van der Waals surface area contributed by atoms with Gasteiger partial charge in [-0.3, -0.25) is 14.4 Å². The molecule has 0 aliphatic carbocycles. The predicted molar refractivity (Wildman–Crippen MR) is 76.2 cm³/mol. The standard InChI is InChI=1S/C14H26N2O4/c1-3-12(9-14(19)20)10-16-13(18)7-5-4-6-8-15-11(2)17/h12H,3-10H2,1-2H3,(H,15,17)(H,16,18)(H,19,20). The first-order valence-corrected chi connectivity index (χ1v) is 7.18. The molecule has 0 aromatic rings. The van der Waals surface area contributed by atoms with Crippen LogP contribution in [0.25, 0.3) is 0 Å². The molecule has 0 aromatic heterocycles. The van der Waals surface area contributed by atoms with Crippen LogP contribution in [0.4, 0.5) is 0 Å². The molecule has 6 nitrogen and oxygen atoms in total. The highest BCUT2D eigenvalue weighted by Crippen LogP contribution is 2.07. The lowest BCUT2D eigenvalue weighted by molar-refractivity contribution is -0.138. The SMILES string of the molecule is CCC(CNC(=O)CCCCCNC(C)=O)CC(=O)O. The van der Waals surface area contributed by atoms with E-state index in [1.807, 2.05) is 6.92 Å². The molecular formula is C14H26N2O4. The molecule has 3 N–H and O–H groups in total. The molecule has 0 radical (unpaired) electrons. The Balaban J connectivity index is 3.57. The third kappa shape index (κ3) is 11.5. The molecule has 0 fully saturated rings. The molecule has 0 aromatic carbocycles. The lowest BCUT2D eigenvalue weighted by Gasteiger charge is -2.13. The second-order valence-electron chi connectivity index (χ2n) is 4.97. The maximum Gasteiger partial charge on any atom is 0.303 e. The highest BCUT2D eigenvalue weighted by molar-refractivity contribution is 5.76. The van der Waals surface area contributed by atoms with Gasteiger partial charge in [-0.05, 0) is 18.8 Å². The monoisotopic (exact) mass is 286 g/mol. The van der Waals surface area contributed by atoms with E-state index in [1.54, 1.807) is 0 Å². The summed E-state index contributed by atoms with van der Waals surface area (Å²) in [7, 11) is 0. The van der Waals surface area contributed by atoms with E-state index in [0.717, 1.165) is 25.7 Å². The smallest absolute Gasteiger partial charge is 0.303 e. The maximum absolute atomic E-state index is 11.6. The van der Waals surface area contributed by atoms with Gasteiger partial charge in [0, 0.05) is 32.9 Å². The minimum atomic E-state index is -0.830. The van der Waals surface area contributed by atoms with E-state index in [9.17, 15) is 14.4 Å². The van der Waals surface area contributed by atoms with Crippen molar-refractivity contribution in [2.24, 2.45) is 5.92 Å². The molecule has 0 saturated heterocycles. The molecule has 0 bridgehead atoms. The number of hydrogen-bond acceptors (Lipinski definition) is 3. The number of hydrogen-bond donors (Lipinski definition) is 3. The molecule has 0 saturated carbocycles. The van der Waals surface area contributed by atoms with Crippen LogP contribution in [-0.4, -0.2) is 36.0 Å². The van der Waals surface area contributed by atoms with Crippen LogP contribution in [-0.2, 0) is 14.4 Å². The zero-order valence-corrected chi connectivity index (χ0v) is 12.4. The first kappa shape index (κ1) is 18.4. The van der Waals surface area contributed by atoms with Gasteiger partial charge < -0.3 is 15.7 Å².